The second-order valence-corrected chi connectivity index (χ2v) is 5.61. The molecule has 0 aromatic rings. The van der Waals surface area contributed by atoms with E-state index in [1.165, 1.54) is 57.8 Å². The zero-order valence-corrected chi connectivity index (χ0v) is 11.0. The number of hydrogen-bond acceptors (Lipinski definition) is 2. The van der Waals surface area contributed by atoms with Crippen molar-refractivity contribution < 1.29 is 8.42 Å². The summed E-state index contributed by atoms with van der Waals surface area (Å²) in [7, 11) is -2.42. The maximum absolute atomic E-state index is 10.7. The van der Waals surface area contributed by atoms with Crippen LogP contribution < -0.4 is 4.72 Å². The third-order valence-electron chi connectivity index (χ3n) is 3.39. The van der Waals surface area contributed by atoms with Crippen LogP contribution >= 0.6 is 0 Å². The lowest BCUT2D eigenvalue weighted by molar-refractivity contribution is 0.443. The largest absolute Gasteiger partial charge is 0.216 e. The first-order valence-electron chi connectivity index (χ1n) is 6.69. The van der Waals surface area contributed by atoms with Crippen LogP contribution in [0.2, 0.25) is 0 Å². The summed E-state index contributed by atoms with van der Waals surface area (Å²) >= 11 is 0. The normalized spacial score (nSPS) is 22.6. The van der Waals surface area contributed by atoms with Gasteiger partial charge in [-0.15, -0.1) is 0 Å². The van der Waals surface area contributed by atoms with Crippen LogP contribution in [0.3, 0.4) is 0 Å². The van der Waals surface area contributed by atoms with Gasteiger partial charge in [0.25, 0.3) is 0 Å². The number of thiol groups is 1. The van der Waals surface area contributed by atoms with Crippen molar-refractivity contribution in [2.75, 3.05) is 0 Å². The van der Waals surface area contributed by atoms with Gasteiger partial charge in [0.15, 0.2) is 0 Å². The molecule has 0 aliphatic heterocycles. The summed E-state index contributed by atoms with van der Waals surface area (Å²) < 4.78 is 24.0. The van der Waals surface area contributed by atoms with E-state index in [2.05, 4.69) is 4.72 Å². The molecule has 1 aliphatic rings. The van der Waals surface area contributed by atoms with Gasteiger partial charge < -0.3 is 0 Å². The molecule has 0 bridgehead atoms. The third-order valence-corrected chi connectivity index (χ3v) is 3.97. The smallest absolute Gasteiger partial charge is 0.201 e. The van der Waals surface area contributed by atoms with E-state index >= 15 is 0 Å². The van der Waals surface area contributed by atoms with Crippen molar-refractivity contribution in [3.8, 4) is 0 Å². The average Bonchev–Trinajstić information content (AvgIpc) is 2.21. The Morgan fingerprint density at radius 1 is 0.688 bits per heavy atom. The molecule has 3 nitrogen and oxygen atoms in total. The van der Waals surface area contributed by atoms with Gasteiger partial charge in [0.2, 0.25) is 10.9 Å². The van der Waals surface area contributed by atoms with Gasteiger partial charge in [-0.2, -0.15) is 0 Å². The molecule has 0 radical (unpaired) electrons. The van der Waals surface area contributed by atoms with E-state index in [0.29, 0.717) is 0 Å². The highest BCUT2D eigenvalue weighted by Gasteiger charge is 2.09. The molecule has 96 valence electrons. The van der Waals surface area contributed by atoms with Crippen molar-refractivity contribution in [1.82, 2.24) is 4.72 Å². The van der Waals surface area contributed by atoms with Gasteiger partial charge in [0.05, 0.1) is 0 Å². The van der Waals surface area contributed by atoms with E-state index in [0.717, 1.165) is 12.8 Å². The lowest BCUT2D eigenvalue weighted by Crippen LogP contribution is -2.27. The Hall–Kier alpha value is -0.0900. The van der Waals surface area contributed by atoms with E-state index in [1.54, 1.807) is 0 Å². The fraction of sp³-hybridized carbons (Fsp3) is 1.00. The van der Waals surface area contributed by atoms with Crippen LogP contribution in [0.4, 0.5) is 0 Å². The van der Waals surface area contributed by atoms with E-state index in [1.807, 2.05) is 0 Å². The summed E-state index contributed by atoms with van der Waals surface area (Å²) in [6.45, 7) is 0. The highest BCUT2D eigenvalue weighted by atomic mass is 32.2. The molecule has 0 atom stereocenters. The molecule has 0 unspecified atom stereocenters. The number of rotatable bonds is 2. The molecule has 0 heterocycles. The molecule has 0 spiro atoms. The SMILES string of the molecule is O=[SH](=O)NC1CCCCCCCCCCC1. The van der Waals surface area contributed by atoms with Gasteiger partial charge in [0.1, 0.15) is 0 Å². The minimum absolute atomic E-state index is 0.195. The Morgan fingerprint density at radius 2 is 1.06 bits per heavy atom. The molecule has 0 aromatic carbocycles. The summed E-state index contributed by atoms with van der Waals surface area (Å²) in [6.07, 6.45) is 13.6. The predicted octanol–water partition coefficient (Wildman–Crippen LogP) is 2.78. The molecule has 0 amide bonds. The topological polar surface area (TPSA) is 46.2 Å². The molecule has 0 saturated heterocycles. The summed E-state index contributed by atoms with van der Waals surface area (Å²) in [5.41, 5.74) is 0. The van der Waals surface area contributed by atoms with Crippen molar-refractivity contribution in [2.24, 2.45) is 0 Å². The second kappa shape index (κ2) is 8.99. The lowest BCUT2D eigenvalue weighted by atomic mass is 9.98. The zero-order valence-electron chi connectivity index (χ0n) is 10.1. The predicted molar refractivity (Wildman–Crippen MR) is 68.0 cm³/mol. The van der Waals surface area contributed by atoms with Crippen molar-refractivity contribution in [3.05, 3.63) is 0 Å². The Balaban J connectivity index is 2.29. The minimum Gasteiger partial charge on any atom is -0.216 e. The van der Waals surface area contributed by atoms with Crippen molar-refractivity contribution in [2.45, 2.75) is 76.7 Å². The molecule has 1 N–H and O–H groups in total. The van der Waals surface area contributed by atoms with Crippen LogP contribution in [0.5, 0.6) is 0 Å². The lowest BCUT2D eigenvalue weighted by Gasteiger charge is -2.15. The first-order valence-corrected chi connectivity index (χ1v) is 7.87. The van der Waals surface area contributed by atoms with Gasteiger partial charge in [-0.25, -0.2) is 13.1 Å². The van der Waals surface area contributed by atoms with Gasteiger partial charge >= 0.3 is 0 Å². The van der Waals surface area contributed by atoms with E-state index in [-0.39, 0.29) is 6.04 Å². The summed E-state index contributed by atoms with van der Waals surface area (Å²) in [4.78, 5) is 0. The fourth-order valence-corrected chi connectivity index (χ4v) is 3.00. The molecule has 1 saturated carbocycles. The van der Waals surface area contributed by atoms with Crippen LogP contribution in [-0.2, 0) is 10.9 Å². The van der Waals surface area contributed by atoms with E-state index in [9.17, 15) is 8.42 Å². The first kappa shape index (κ1) is 14.0. The Morgan fingerprint density at radius 3 is 1.44 bits per heavy atom. The molecule has 1 aliphatic carbocycles. The van der Waals surface area contributed by atoms with E-state index < -0.39 is 10.9 Å². The van der Waals surface area contributed by atoms with Crippen molar-refractivity contribution in [3.63, 3.8) is 0 Å². The molecule has 1 fully saturated rings. The van der Waals surface area contributed by atoms with Crippen LogP contribution in [0.1, 0.15) is 70.6 Å². The summed E-state index contributed by atoms with van der Waals surface area (Å²) in [5.74, 6) is 0. The Bertz CT molecular complexity index is 221. The molecule has 16 heavy (non-hydrogen) atoms. The summed E-state index contributed by atoms with van der Waals surface area (Å²) in [6, 6.07) is 0.195. The molecule has 4 heteroatoms. The van der Waals surface area contributed by atoms with Crippen molar-refractivity contribution in [1.29, 1.82) is 0 Å². The van der Waals surface area contributed by atoms with Crippen LogP contribution in [0.25, 0.3) is 0 Å². The molecular formula is C12H25NO2S. The standard InChI is InChI=1S/C12H25NO2S/c14-16(15)13-12-10-8-6-4-2-1-3-5-7-9-11-12/h12,16H,1-11H2,(H,13,14,15). The summed E-state index contributed by atoms with van der Waals surface area (Å²) in [5, 5.41) is 0. The van der Waals surface area contributed by atoms with E-state index in [4.69, 9.17) is 0 Å². The van der Waals surface area contributed by atoms with Gasteiger partial charge in [-0.1, -0.05) is 57.8 Å². The minimum atomic E-state index is -2.42. The zero-order chi connectivity index (χ0) is 11.6. The van der Waals surface area contributed by atoms with Gasteiger partial charge in [0, 0.05) is 6.04 Å². The molecular weight excluding hydrogens is 222 g/mol. The Labute approximate surface area is 101 Å². The maximum atomic E-state index is 10.7. The first-order chi connectivity index (χ1) is 7.79. The second-order valence-electron chi connectivity index (χ2n) is 4.84. The van der Waals surface area contributed by atoms with Gasteiger partial charge in [-0.3, -0.25) is 0 Å². The highest BCUT2D eigenvalue weighted by Crippen LogP contribution is 2.16. The number of nitrogens with one attached hydrogen (secondary N) is 1. The monoisotopic (exact) mass is 247 g/mol. The average molecular weight is 247 g/mol. The fourth-order valence-electron chi connectivity index (χ4n) is 2.44. The third kappa shape index (κ3) is 7.23. The number of hydrogen-bond donors (Lipinski definition) is 2. The van der Waals surface area contributed by atoms with Crippen LogP contribution in [0.15, 0.2) is 0 Å². The molecule has 0 aromatic heterocycles. The highest BCUT2D eigenvalue weighted by molar-refractivity contribution is 7.70. The van der Waals surface area contributed by atoms with Crippen LogP contribution in [0, 0.1) is 0 Å². The Kier molecular flexibility index (Phi) is 7.85. The van der Waals surface area contributed by atoms with Crippen LogP contribution in [-0.4, -0.2) is 14.5 Å². The quantitative estimate of drug-likeness (QED) is 0.737. The maximum Gasteiger partial charge on any atom is 0.201 e. The van der Waals surface area contributed by atoms with Gasteiger partial charge in [-0.05, 0) is 12.8 Å². The molecule has 1 rings (SSSR count). The van der Waals surface area contributed by atoms with Crippen molar-refractivity contribution >= 4 is 10.9 Å².